The lowest BCUT2D eigenvalue weighted by molar-refractivity contribution is -0.117. The maximum Gasteiger partial charge on any atom is 0.227 e. The Morgan fingerprint density at radius 2 is 1.71 bits per heavy atom. The first-order valence-corrected chi connectivity index (χ1v) is 8.43. The average molecular weight is 316 g/mol. The van der Waals surface area contributed by atoms with E-state index >= 15 is 0 Å². The third-order valence-corrected chi connectivity index (χ3v) is 4.62. The van der Waals surface area contributed by atoms with Gasteiger partial charge in [0.25, 0.3) is 0 Å². The van der Waals surface area contributed by atoms with Gasteiger partial charge in [-0.25, -0.2) is 0 Å². The number of amides is 1. The van der Waals surface area contributed by atoms with E-state index in [-0.39, 0.29) is 5.91 Å². The molecule has 0 atom stereocenters. The number of fused-ring (bicyclic) bond motifs is 1. The zero-order chi connectivity index (χ0) is 16.4. The van der Waals surface area contributed by atoms with E-state index in [1.54, 1.807) is 0 Å². The fourth-order valence-corrected chi connectivity index (χ4v) is 3.40. The van der Waals surface area contributed by atoms with Crippen molar-refractivity contribution < 1.29 is 4.79 Å². The van der Waals surface area contributed by atoms with E-state index in [0.717, 1.165) is 30.9 Å². The van der Waals surface area contributed by atoms with E-state index in [2.05, 4.69) is 47.8 Å². The van der Waals surface area contributed by atoms with Gasteiger partial charge in [-0.1, -0.05) is 54.6 Å². The third kappa shape index (κ3) is 2.73. The molecule has 0 unspecified atom stereocenters. The largest absolute Gasteiger partial charge is 0.379 e. The molecule has 3 heteroatoms. The number of carbonyl (C=O) groups is 1. The molecule has 3 nitrogen and oxygen atoms in total. The summed E-state index contributed by atoms with van der Waals surface area (Å²) in [5.41, 5.74) is 3.26. The predicted molar refractivity (Wildman–Crippen MR) is 99.3 cm³/mol. The second-order valence-corrected chi connectivity index (χ2v) is 6.16. The number of carbonyl (C=O) groups excluding carboxylic acids is 1. The lowest BCUT2D eigenvalue weighted by Crippen LogP contribution is -2.24. The first-order valence-electron chi connectivity index (χ1n) is 8.43. The lowest BCUT2D eigenvalue weighted by atomic mass is 10.0. The normalized spacial score (nSPS) is 14.3. The number of hydrogen-bond donors (Lipinski definition) is 1. The van der Waals surface area contributed by atoms with Gasteiger partial charge in [-0.2, -0.15) is 0 Å². The summed E-state index contributed by atoms with van der Waals surface area (Å²) in [6.07, 6.45) is 1.59. The van der Waals surface area contributed by atoms with Gasteiger partial charge in [0, 0.05) is 19.5 Å². The van der Waals surface area contributed by atoms with Crippen LogP contribution >= 0.6 is 0 Å². The summed E-state index contributed by atoms with van der Waals surface area (Å²) in [5, 5.41) is 6.04. The van der Waals surface area contributed by atoms with Crippen molar-refractivity contribution in [3.8, 4) is 0 Å². The van der Waals surface area contributed by atoms with Gasteiger partial charge in [-0.05, 0) is 34.9 Å². The van der Waals surface area contributed by atoms with Crippen molar-refractivity contribution in [3.63, 3.8) is 0 Å². The molecule has 4 rings (SSSR count). The number of anilines is 2. The molecule has 3 aromatic carbocycles. The van der Waals surface area contributed by atoms with Crippen molar-refractivity contribution >= 4 is 28.1 Å². The number of rotatable bonds is 4. The highest BCUT2D eigenvalue weighted by molar-refractivity contribution is 5.98. The molecular formula is C21H20N2O. The monoisotopic (exact) mass is 316 g/mol. The highest BCUT2D eigenvalue weighted by atomic mass is 16.2. The molecule has 0 saturated carbocycles. The van der Waals surface area contributed by atoms with Crippen LogP contribution in [0.25, 0.3) is 10.8 Å². The van der Waals surface area contributed by atoms with Crippen LogP contribution < -0.4 is 10.2 Å². The van der Waals surface area contributed by atoms with Gasteiger partial charge in [-0.15, -0.1) is 0 Å². The van der Waals surface area contributed by atoms with Crippen LogP contribution in [0, 0.1) is 0 Å². The fourth-order valence-electron chi connectivity index (χ4n) is 3.40. The molecule has 0 bridgehead atoms. The number of benzene rings is 3. The summed E-state index contributed by atoms with van der Waals surface area (Å²) < 4.78 is 0. The van der Waals surface area contributed by atoms with Gasteiger partial charge in [0.15, 0.2) is 0 Å². The maximum absolute atomic E-state index is 12.1. The topological polar surface area (TPSA) is 32.3 Å². The van der Waals surface area contributed by atoms with Gasteiger partial charge in [0.05, 0.1) is 11.4 Å². The molecule has 1 heterocycles. The summed E-state index contributed by atoms with van der Waals surface area (Å²) in [4.78, 5) is 14.0. The van der Waals surface area contributed by atoms with Gasteiger partial charge >= 0.3 is 0 Å². The Balaban J connectivity index is 1.61. The highest BCUT2D eigenvalue weighted by Gasteiger charge is 2.23. The molecular weight excluding hydrogens is 296 g/mol. The predicted octanol–water partition coefficient (Wildman–Crippen LogP) is 4.58. The van der Waals surface area contributed by atoms with Crippen molar-refractivity contribution in [2.24, 2.45) is 0 Å². The van der Waals surface area contributed by atoms with Crippen molar-refractivity contribution in [2.45, 2.75) is 19.4 Å². The Morgan fingerprint density at radius 3 is 2.58 bits per heavy atom. The maximum atomic E-state index is 12.1. The van der Waals surface area contributed by atoms with Crippen LogP contribution in [0.2, 0.25) is 0 Å². The first kappa shape index (κ1) is 14.8. The van der Waals surface area contributed by atoms with Gasteiger partial charge in [0.1, 0.15) is 0 Å². The average Bonchev–Trinajstić information content (AvgIpc) is 3.06. The number of para-hydroxylation sites is 2. The van der Waals surface area contributed by atoms with Gasteiger partial charge in [0.2, 0.25) is 5.91 Å². The number of nitrogens with zero attached hydrogens (tertiary/aromatic N) is 1. The Labute approximate surface area is 141 Å². The molecule has 1 aliphatic heterocycles. The molecule has 24 heavy (non-hydrogen) atoms. The van der Waals surface area contributed by atoms with Gasteiger partial charge < -0.3 is 10.2 Å². The molecule has 0 spiro atoms. The van der Waals surface area contributed by atoms with Crippen molar-refractivity contribution in [1.82, 2.24) is 0 Å². The van der Waals surface area contributed by atoms with Crippen LogP contribution in [0.1, 0.15) is 18.4 Å². The minimum Gasteiger partial charge on any atom is -0.379 e. The van der Waals surface area contributed by atoms with Crippen LogP contribution in [0.5, 0.6) is 0 Å². The summed E-state index contributed by atoms with van der Waals surface area (Å²) in [6.45, 7) is 1.55. The van der Waals surface area contributed by atoms with E-state index < -0.39 is 0 Å². The molecule has 120 valence electrons. The molecule has 1 saturated heterocycles. The lowest BCUT2D eigenvalue weighted by Gasteiger charge is -2.20. The van der Waals surface area contributed by atoms with Crippen molar-refractivity contribution in [3.05, 3.63) is 72.3 Å². The van der Waals surface area contributed by atoms with E-state index in [0.29, 0.717) is 6.42 Å². The summed E-state index contributed by atoms with van der Waals surface area (Å²) >= 11 is 0. The van der Waals surface area contributed by atoms with E-state index in [1.165, 1.54) is 16.3 Å². The van der Waals surface area contributed by atoms with Crippen LogP contribution in [-0.4, -0.2) is 12.5 Å². The smallest absolute Gasteiger partial charge is 0.227 e. The highest BCUT2D eigenvalue weighted by Crippen LogP contribution is 2.30. The second-order valence-electron chi connectivity index (χ2n) is 6.16. The molecule has 0 aliphatic carbocycles. The first-order chi connectivity index (χ1) is 11.8. The Morgan fingerprint density at radius 1 is 0.917 bits per heavy atom. The number of hydrogen-bond acceptors (Lipinski definition) is 2. The van der Waals surface area contributed by atoms with E-state index in [1.807, 2.05) is 29.2 Å². The zero-order valence-corrected chi connectivity index (χ0v) is 13.5. The van der Waals surface area contributed by atoms with Crippen molar-refractivity contribution in [1.29, 1.82) is 0 Å². The summed E-state index contributed by atoms with van der Waals surface area (Å²) in [5.74, 6) is 0.217. The number of nitrogens with one attached hydrogen (secondary N) is 1. The summed E-state index contributed by atoms with van der Waals surface area (Å²) in [6, 6.07) is 22.9. The van der Waals surface area contributed by atoms with Crippen LogP contribution in [0.4, 0.5) is 11.4 Å². The van der Waals surface area contributed by atoms with Gasteiger partial charge in [-0.3, -0.25) is 4.79 Å². The van der Waals surface area contributed by atoms with Crippen LogP contribution in [0.15, 0.2) is 66.7 Å². The zero-order valence-electron chi connectivity index (χ0n) is 13.5. The quantitative estimate of drug-likeness (QED) is 0.764. The molecule has 0 aromatic heterocycles. The van der Waals surface area contributed by atoms with E-state index in [9.17, 15) is 4.79 Å². The molecule has 1 N–H and O–H groups in total. The van der Waals surface area contributed by atoms with Crippen LogP contribution in [-0.2, 0) is 11.3 Å². The molecule has 1 aliphatic rings. The fraction of sp³-hybridized carbons (Fsp3) is 0.190. The minimum absolute atomic E-state index is 0.217. The third-order valence-electron chi connectivity index (χ3n) is 4.62. The Hall–Kier alpha value is -2.81. The molecule has 1 fully saturated rings. The molecule has 3 aromatic rings. The van der Waals surface area contributed by atoms with E-state index in [4.69, 9.17) is 0 Å². The molecule has 0 radical (unpaired) electrons. The van der Waals surface area contributed by atoms with Crippen molar-refractivity contribution in [2.75, 3.05) is 16.8 Å². The van der Waals surface area contributed by atoms with Crippen LogP contribution in [0.3, 0.4) is 0 Å². The Bertz CT molecular complexity index is 882. The minimum atomic E-state index is 0.217. The SMILES string of the molecule is O=C1CCCN1c1ccccc1NCc1cccc2ccccc12. The molecule has 1 amide bonds. The Kier molecular flexibility index (Phi) is 3.91. The second kappa shape index (κ2) is 6.36. The standard InChI is InChI=1S/C21H20N2O/c24-21-13-6-14-23(21)20-12-4-3-11-19(20)22-15-17-9-5-8-16-7-1-2-10-18(16)17/h1-5,7-12,22H,6,13-15H2. The summed E-state index contributed by atoms with van der Waals surface area (Å²) in [7, 11) is 0.